The van der Waals surface area contributed by atoms with Crippen molar-refractivity contribution < 1.29 is 15.0 Å². The van der Waals surface area contributed by atoms with Crippen LogP contribution in [0.3, 0.4) is 0 Å². The molecule has 0 fully saturated rings. The molecule has 0 aromatic carbocycles. The Labute approximate surface area is 84.8 Å². The highest BCUT2D eigenvalue weighted by molar-refractivity contribution is 5.74. The summed E-state index contributed by atoms with van der Waals surface area (Å²) in [6, 6.07) is -0.837. The molecule has 0 spiro atoms. The molecule has 0 unspecified atom stereocenters. The summed E-state index contributed by atoms with van der Waals surface area (Å²) >= 11 is 0. The summed E-state index contributed by atoms with van der Waals surface area (Å²) in [4.78, 5) is 12.3. The average Bonchev–Trinajstić information content (AvgIpc) is 2.03. The van der Waals surface area contributed by atoms with Crippen LogP contribution < -0.4 is 0 Å². The first-order chi connectivity index (χ1) is 6.50. The Hall–Kier alpha value is -0.870. The quantitative estimate of drug-likeness (QED) is 0.622. The Bertz CT molecular complexity index is 202. The van der Waals surface area contributed by atoms with E-state index in [9.17, 15) is 9.90 Å². The zero-order chi connectivity index (χ0) is 11.1. The lowest BCUT2D eigenvalue weighted by atomic mass is 10.1. The van der Waals surface area contributed by atoms with E-state index in [0.29, 0.717) is 6.42 Å². The molecule has 0 aliphatic carbocycles. The number of likely N-dealkylation sites (N-methyl/N-ethyl adjacent to an activating group) is 1. The molecule has 14 heavy (non-hydrogen) atoms. The number of carboxylic acids is 1. The van der Waals surface area contributed by atoms with Crippen molar-refractivity contribution in [3.05, 3.63) is 12.2 Å². The van der Waals surface area contributed by atoms with E-state index in [4.69, 9.17) is 5.11 Å². The Kier molecular flexibility index (Phi) is 6.16. The third-order valence-corrected chi connectivity index (χ3v) is 1.95. The second-order valence-corrected chi connectivity index (χ2v) is 3.43. The van der Waals surface area contributed by atoms with Crippen molar-refractivity contribution in [1.82, 2.24) is 4.90 Å². The van der Waals surface area contributed by atoms with Crippen LogP contribution in [0.25, 0.3) is 0 Å². The van der Waals surface area contributed by atoms with Crippen LogP contribution in [-0.4, -0.2) is 47.3 Å². The number of aliphatic carboxylic acids is 1. The smallest absolute Gasteiger partial charge is 0.323 e. The van der Waals surface area contributed by atoms with Gasteiger partial charge in [-0.3, -0.25) is 9.69 Å². The third-order valence-electron chi connectivity index (χ3n) is 1.95. The molecule has 0 saturated carbocycles. The first kappa shape index (κ1) is 13.1. The number of aliphatic hydroxyl groups excluding tert-OH is 1. The predicted molar refractivity (Wildman–Crippen MR) is 55.2 cm³/mol. The molecule has 82 valence electrons. The first-order valence-electron chi connectivity index (χ1n) is 4.73. The molecule has 0 heterocycles. The third kappa shape index (κ3) is 4.39. The lowest BCUT2D eigenvalue weighted by Crippen LogP contribution is -2.45. The van der Waals surface area contributed by atoms with Gasteiger partial charge in [0.25, 0.3) is 0 Å². The number of aliphatic hydroxyl groups is 1. The van der Waals surface area contributed by atoms with Gasteiger partial charge in [0.1, 0.15) is 6.04 Å². The van der Waals surface area contributed by atoms with Crippen molar-refractivity contribution in [1.29, 1.82) is 0 Å². The van der Waals surface area contributed by atoms with E-state index in [1.54, 1.807) is 14.1 Å². The molecule has 2 atom stereocenters. The van der Waals surface area contributed by atoms with E-state index in [-0.39, 0.29) is 0 Å². The van der Waals surface area contributed by atoms with Crippen molar-refractivity contribution >= 4 is 5.97 Å². The van der Waals surface area contributed by atoms with Gasteiger partial charge in [0.05, 0.1) is 6.10 Å². The van der Waals surface area contributed by atoms with Gasteiger partial charge >= 0.3 is 5.97 Å². The Morgan fingerprint density at radius 1 is 1.43 bits per heavy atom. The summed E-state index contributed by atoms with van der Waals surface area (Å²) < 4.78 is 0. The van der Waals surface area contributed by atoms with Gasteiger partial charge in [-0.05, 0) is 26.9 Å². The van der Waals surface area contributed by atoms with Crippen LogP contribution in [0.1, 0.15) is 19.8 Å². The predicted octanol–water partition coefficient (Wildman–Crippen LogP) is 0.718. The van der Waals surface area contributed by atoms with Crippen LogP contribution in [-0.2, 0) is 4.79 Å². The fourth-order valence-electron chi connectivity index (χ4n) is 1.26. The van der Waals surface area contributed by atoms with Gasteiger partial charge in [0.2, 0.25) is 0 Å². The van der Waals surface area contributed by atoms with Crippen LogP contribution >= 0.6 is 0 Å². The Morgan fingerprint density at radius 3 is 2.36 bits per heavy atom. The molecule has 0 amide bonds. The average molecular weight is 201 g/mol. The van der Waals surface area contributed by atoms with Crippen LogP contribution in [0.4, 0.5) is 0 Å². The molecule has 0 radical (unpaired) electrons. The molecular weight excluding hydrogens is 182 g/mol. The Balaban J connectivity index is 4.22. The molecule has 0 aromatic heterocycles. The maximum atomic E-state index is 10.8. The van der Waals surface area contributed by atoms with Crippen LogP contribution in [0.15, 0.2) is 12.2 Å². The number of carboxylic acid groups (broad SMARTS) is 1. The summed E-state index contributed by atoms with van der Waals surface area (Å²) in [5.74, 6) is -0.993. The molecule has 0 saturated heterocycles. The van der Waals surface area contributed by atoms with Gasteiger partial charge in [-0.25, -0.2) is 0 Å². The zero-order valence-electron chi connectivity index (χ0n) is 8.97. The fourth-order valence-corrected chi connectivity index (χ4v) is 1.26. The second kappa shape index (κ2) is 6.56. The lowest BCUT2D eigenvalue weighted by molar-refractivity contribution is -0.146. The maximum Gasteiger partial charge on any atom is 0.323 e. The topological polar surface area (TPSA) is 60.8 Å². The van der Waals surface area contributed by atoms with Gasteiger partial charge in [-0.2, -0.15) is 0 Å². The molecule has 2 N–H and O–H groups in total. The van der Waals surface area contributed by atoms with E-state index in [1.165, 1.54) is 4.90 Å². The maximum absolute atomic E-state index is 10.8. The summed E-state index contributed by atoms with van der Waals surface area (Å²) in [5, 5.41) is 18.4. The van der Waals surface area contributed by atoms with E-state index in [1.807, 2.05) is 19.1 Å². The highest BCUT2D eigenvalue weighted by Crippen LogP contribution is 2.06. The number of nitrogens with zero attached hydrogens (tertiary/aromatic N) is 1. The van der Waals surface area contributed by atoms with Crippen LogP contribution in [0.5, 0.6) is 0 Å². The van der Waals surface area contributed by atoms with E-state index >= 15 is 0 Å². The largest absolute Gasteiger partial charge is 0.480 e. The van der Waals surface area contributed by atoms with Crippen molar-refractivity contribution in [2.75, 3.05) is 14.1 Å². The standard InChI is InChI=1S/C10H19NO3/c1-4-5-6-7-8(12)9(10(13)14)11(2)3/h5-6,8-9,12H,4,7H2,1-3H3,(H,13,14)/t8-,9-/m1/s1. The minimum Gasteiger partial charge on any atom is -0.480 e. The summed E-state index contributed by atoms with van der Waals surface area (Å²) in [6.07, 6.45) is 4.14. The van der Waals surface area contributed by atoms with Crippen molar-refractivity contribution in [3.8, 4) is 0 Å². The van der Waals surface area contributed by atoms with E-state index in [0.717, 1.165) is 6.42 Å². The minimum absolute atomic E-state index is 0.378. The molecule has 0 rings (SSSR count). The van der Waals surface area contributed by atoms with Gasteiger partial charge in [-0.1, -0.05) is 19.1 Å². The molecule has 0 bridgehead atoms. The number of carbonyl (C=O) groups is 1. The molecule has 0 aromatic rings. The normalized spacial score (nSPS) is 16.1. The molecular formula is C10H19NO3. The number of hydrogen-bond donors (Lipinski definition) is 2. The van der Waals surface area contributed by atoms with Crippen molar-refractivity contribution in [2.24, 2.45) is 0 Å². The number of rotatable bonds is 6. The van der Waals surface area contributed by atoms with E-state index < -0.39 is 18.1 Å². The second-order valence-electron chi connectivity index (χ2n) is 3.43. The van der Waals surface area contributed by atoms with E-state index in [2.05, 4.69) is 0 Å². The molecule has 4 heteroatoms. The van der Waals surface area contributed by atoms with Crippen molar-refractivity contribution in [3.63, 3.8) is 0 Å². The lowest BCUT2D eigenvalue weighted by Gasteiger charge is -2.24. The van der Waals surface area contributed by atoms with Gasteiger partial charge < -0.3 is 10.2 Å². The van der Waals surface area contributed by atoms with Crippen LogP contribution in [0.2, 0.25) is 0 Å². The van der Waals surface area contributed by atoms with Crippen LogP contribution in [0, 0.1) is 0 Å². The monoisotopic (exact) mass is 201 g/mol. The molecule has 0 aliphatic heterocycles. The highest BCUT2D eigenvalue weighted by atomic mass is 16.4. The van der Waals surface area contributed by atoms with Gasteiger partial charge in [0.15, 0.2) is 0 Å². The molecule has 0 aliphatic rings. The summed E-state index contributed by atoms with van der Waals surface area (Å²) in [7, 11) is 3.29. The SMILES string of the molecule is CCC=CC[C@@H](O)[C@H](C(=O)O)N(C)C. The van der Waals surface area contributed by atoms with Gasteiger partial charge in [-0.15, -0.1) is 0 Å². The zero-order valence-corrected chi connectivity index (χ0v) is 8.97. The number of allylic oxidation sites excluding steroid dienone is 1. The van der Waals surface area contributed by atoms with Crippen molar-refractivity contribution in [2.45, 2.75) is 31.9 Å². The van der Waals surface area contributed by atoms with Gasteiger partial charge in [0, 0.05) is 0 Å². The highest BCUT2D eigenvalue weighted by Gasteiger charge is 2.27. The minimum atomic E-state index is -0.993. The number of hydrogen-bond acceptors (Lipinski definition) is 3. The fraction of sp³-hybridized carbons (Fsp3) is 0.700. The summed E-state index contributed by atoms with van der Waals surface area (Å²) in [5.41, 5.74) is 0. The Morgan fingerprint density at radius 2 is 2.00 bits per heavy atom. The first-order valence-corrected chi connectivity index (χ1v) is 4.73. The molecule has 4 nitrogen and oxygen atoms in total. The summed E-state index contributed by atoms with van der Waals surface area (Å²) in [6.45, 7) is 1.99.